The molecule has 112 valence electrons. The van der Waals surface area contributed by atoms with Gasteiger partial charge in [0.1, 0.15) is 0 Å². The Morgan fingerprint density at radius 2 is 1.95 bits per heavy atom. The van der Waals surface area contributed by atoms with Gasteiger partial charge in [-0.3, -0.25) is 29.9 Å². The van der Waals surface area contributed by atoms with E-state index in [2.05, 4.69) is 0 Å². The largest absolute Gasteiger partial charge is 0.480 e. The molecular weight excluding hydrogens is 282 g/mol. The SMILES string of the molecule is O=C(O)CN(Cc1ccc([N+](=O)[O-])cc1[N+](=O)[O-])C1CC1. The fourth-order valence-electron chi connectivity index (χ4n) is 2.12. The molecule has 9 nitrogen and oxygen atoms in total. The third kappa shape index (κ3) is 3.72. The second kappa shape index (κ2) is 5.83. The molecule has 1 N–H and O–H groups in total. The van der Waals surface area contributed by atoms with E-state index in [1.807, 2.05) is 0 Å². The summed E-state index contributed by atoms with van der Waals surface area (Å²) < 4.78 is 0. The Morgan fingerprint density at radius 3 is 2.43 bits per heavy atom. The fourth-order valence-corrected chi connectivity index (χ4v) is 2.12. The molecule has 1 aliphatic carbocycles. The average Bonchev–Trinajstić information content (AvgIpc) is 3.21. The number of benzene rings is 1. The number of carbonyl (C=O) groups is 1. The van der Waals surface area contributed by atoms with E-state index in [0.717, 1.165) is 18.9 Å². The van der Waals surface area contributed by atoms with Crippen LogP contribution < -0.4 is 0 Å². The van der Waals surface area contributed by atoms with E-state index in [9.17, 15) is 25.0 Å². The maximum absolute atomic E-state index is 11.0. The molecule has 1 fully saturated rings. The smallest absolute Gasteiger partial charge is 0.317 e. The molecule has 21 heavy (non-hydrogen) atoms. The Bertz CT molecular complexity index is 599. The number of carboxylic acid groups (broad SMARTS) is 1. The molecule has 0 saturated heterocycles. The number of aliphatic carboxylic acids is 1. The summed E-state index contributed by atoms with van der Waals surface area (Å²) in [6.45, 7) is -0.121. The second-order valence-electron chi connectivity index (χ2n) is 4.86. The Labute approximate surface area is 119 Å². The molecule has 2 rings (SSSR count). The van der Waals surface area contributed by atoms with E-state index in [1.54, 1.807) is 4.90 Å². The van der Waals surface area contributed by atoms with Crippen LogP contribution in [-0.2, 0) is 11.3 Å². The highest BCUT2D eigenvalue weighted by Gasteiger charge is 2.32. The summed E-state index contributed by atoms with van der Waals surface area (Å²) in [7, 11) is 0. The van der Waals surface area contributed by atoms with Crippen molar-refractivity contribution in [3.63, 3.8) is 0 Å². The Balaban J connectivity index is 2.27. The lowest BCUT2D eigenvalue weighted by Gasteiger charge is -2.19. The van der Waals surface area contributed by atoms with Crippen molar-refractivity contribution < 1.29 is 19.7 Å². The van der Waals surface area contributed by atoms with Crippen LogP contribution in [-0.4, -0.2) is 38.4 Å². The van der Waals surface area contributed by atoms with Crippen molar-refractivity contribution in [2.45, 2.75) is 25.4 Å². The standard InChI is InChI=1S/C12H13N3O6/c16-12(17)7-13(9-3-4-9)6-8-1-2-10(14(18)19)5-11(8)15(20)21/h1-2,5,9H,3-4,6-7H2,(H,16,17). The summed E-state index contributed by atoms with van der Waals surface area (Å²) in [6, 6.07) is 3.51. The molecule has 0 spiro atoms. The van der Waals surface area contributed by atoms with Crippen molar-refractivity contribution in [3.05, 3.63) is 44.0 Å². The highest BCUT2D eigenvalue weighted by atomic mass is 16.6. The number of hydrogen-bond donors (Lipinski definition) is 1. The van der Waals surface area contributed by atoms with Gasteiger partial charge in [0.25, 0.3) is 11.4 Å². The molecule has 0 aliphatic heterocycles. The molecular formula is C12H13N3O6. The van der Waals surface area contributed by atoms with Gasteiger partial charge < -0.3 is 5.11 Å². The topological polar surface area (TPSA) is 127 Å². The van der Waals surface area contributed by atoms with Gasteiger partial charge in [-0.15, -0.1) is 0 Å². The zero-order chi connectivity index (χ0) is 15.6. The molecule has 1 aliphatic rings. The fraction of sp³-hybridized carbons (Fsp3) is 0.417. The number of nitro benzene ring substituents is 2. The summed E-state index contributed by atoms with van der Waals surface area (Å²) >= 11 is 0. The third-order valence-electron chi connectivity index (χ3n) is 3.25. The maximum Gasteiger partial charge on any atom is 0.317 e. The normalized spacial score (nSPS) is 14.1. The first-order valence-corrected chi connectivity index (χ1v) is 6.26. The van der Waals surface area contributed by atoms with Crippen LogP contribution in [0.5, 0.6) is 0 Å². The molecule has 0 bridgehead atoms. The van der Waals surface area contributed by atoms with Crippen LogP contribution in [0, 0.1) is 20.2 Å². The van der Waals surface area contributed by atoms with Crippen molar-refractivity contribution in [1.29, 1.82) is 0 Å². The molecule has 9 heteroatoms. The molecule has 0 radical (unpaired) electrons. The van der Waals surface area contributed by atoms with Crippen LogP contribution in [0.1, 0.15) is 18.4 Å². The highest BCUT2D eigenvalue weighted by Crippen LogP contribution is 2.31. The van der Waals surface area contributed by atoms with E-state index >= 15 is 0 Å². The van der Waals surface area contributed by atoms with Crippen LogP contribution in [0.25, 0.3) is 0 Å². The molecule has 0 aromatic heterocycles. The molecule has 0 amide bonds. The number of non-ortho nitro benzene ring substituents is 1. The van der Waals surface area contributed by atoms with Crippen molar-refractivity contribution >= 4 is 17.3 Å². The Kier molecular flexibility index (Phi) is 4.13. The summed E-state index contributed by atoms with van der Waals surface area (Å²) in [6.07, 6.45) is 1.71. The molecule has 1 aromatic rings. The lowest BCUT2D eigenvalue weighted by atomic mass is 10.1. The minimum atomic E-state index is -1.01. The van der Waals surface area contributed by atoms with Crippen LogP contribution in [0.2, 0.25) is 0 Å². The van der Waals surface area contributed by atoms with Gasteiger partial charge in [0.05, 0.1) is 22.5 Å². The van der Waals surface area contributed by atoms with Gasteiger partial charge in [-0.1, -0.05) is 0 Å². The summed E-state index contributed by atoms with van der Waals surface area (Å²) in [5, 5.41) is 30.6. The van der Waals surface area contributed by atoms with E-state index in [1.165, 1.54) is 12.1 Å². The van der Waals surface area contributed by atoms with Gasteiger partial charge in [0.15, 0.2) is 0 Å². The van der Waals surface area contributed by atoms with Crippen LogP contribution in [0.3, 0.4) is 0 Å². The highest BCUT2D eigenvalue weighted by molar-refractivity contribution is 5.69. The van der Waals surface area contributed by atoms with Gasteiger partial charge >= 0.3 is 5.97 Å². The maximum atomic E-state index is 11.0. The Hall–Kier alpha value is -2.55. The van der Waals surface area contributed by atoms with Gasteiger partial charge in [0, 0.05) is 24.2 Å². The van der Waals surface area contributed by atoms with Gasteiger partial charge in [-0.25, -0.2) is 0 Å². The third-order valence-corrected chi connectivity index (χ3v) is 3.25. The monoisotopic (exact) mass is 295 g/mol. The molecule has 1 saturated carbocycles. The van der Waals surface area contributed by atoms with Crippen LogP contribution in [0.4, 0.5) is 11.4 Å². The van der Waals surface area contributed by atoms with Gasteiger partial charge in [0.2, 0.25) is 0 Å². The molecule has 0 unspecified atom stereocenters. The predicted octanol–water partition coefficient (Wildman–Crippen LogP) is 1.55. The van der Waals surface area contributed by atoms with Crippen molar-refractivity contribution in [2.75, 3.05) is 6.54 Å². The number of hydrogen-bond acceptors (Lipinski definition) is 6. The number of nitrogens with zero attached hydrogens (tertiary/aromatic N) is 3. The van der Waals surface area contributed by atoms with Gasteiger partial charge in [-0.05, 0) is 18.9 Å². The zero-order valence-electron chi connectivity index (χ0n) is 11.0. The van der Waals surface area contributed by atoms with E-state index in [0.29, 0.717) is 0 Å². The number of rotatable bonds is 7. The zero-order valence-corrected chi connectivity index (χ0v) is 11.0. The van der Waals surface area contributed by atoms with Crippen molar-refractivity contribution in [3.8, 4) is 0 Å². The summed E-state index contributed by atoms with van der Waals surface area (Å²) in [4.78, 5) is 32.8. The summed E-state index contributed by atoms with van der Waals surface area (Å²) in [5.74, 6) is -1.01. The molecule has 1 aromatic carbocycles. The van der Waals surface area contributed by atoms with Crippen LogP contribution >= 0.6 is 0 Å². The quantitative estimate of drug-likeness (QED) is 0.597. The minimum absolute atomic E-state index is 0.0886. The van der Waals surface area contributed by atoms with Gasteiger partial charge in [-0.2, -0.15) is 0 Å². The first-order valence-electron chi connectivity index (χ1n) is 6.26. The second-order valence-corrected chi connectivity index (χ2v) is 4.86. The average molecular weight is 295 g/mol. The Morgan fingerprint density at radius 1 is 1.29 bits per heavy atom. The lowest BCUT2D eigenvalue weighted by molar-refractivity contribution is -0.394. The van der Waals surface area contributed by atoms with E-state index in [-0.39, 0.29) is 36.1 Å². The van der Waals surface area contributed by atoms with Crippen molar-refractivity contribution in [1.82, 2.24) is 4.90 Å². The molecule has 0 atom stereocenters. The first kappa shape index (κ1) is 14.9. The lowest BCUT2D eigenvalue weighted by Crippen LogP contribution is -2.31. The first-order chi connectivity index (χ1) is 9.88. The van der Waals surface area contributed by atoms with Crippen LogP contribution in [0.15, 0.2) is 18.2 Å². The number of nitro groups is 2. The predicted molar refractivity (Wildman–Crippen MR) is 70.8 cm³/mol. The number of carboxylic acids is 1. The van der Waals surface area contributed by atoms with E-state index < -0.39 is 15.8 Å². The van der Waals surface area contributed by atoms with Crippen molar-refractivity contribution in [2.24, 2.45) is 0 Å². The minimum Gasteiger partial charge on any atom is -0.480 e. The molecule has 0 heterocycles. The van der Waals surface area contributed by atoms with E-state index in [4.69, 9.17) is 5.11 Å². The summed E-state index contributed by atoms with van der Waals surface area (Å²) in [5.41, 5.74) is -0.444.